The molecule has 2 heterocycles. The number of aromatic nitrogens is 1. The fourth-order valence-corrected chi connectivity index (χ4v) is 3.80. The molecule has 140 valence electrons. The van der Waals surface area contributed by atoms with E-state index < -0.39 is 0 Å². The zero-order valence-electron chi connectivity index (χ0n) is 15.3. The van der Waals surface area contributed by atoms with Gasteiger partial charge in [-0.1, -0.05) is 6.07 Å². The lowest BCUT2D eigenvalue weighted by atomic mass is 10.0. The Morgan fingerprint density at radius 3 is 2.85 bits per heavy atom. The van der Waals surface area contributed by atoms with E-state index in [-0.39, 0.29) is 5.82 Å². The Morgan fingerprint density at radius 1 is 1.38 bits per heavy atom. The number of guanidine groups is 1. The molecule has 0 spiro atoms. The van der Waals surface area contributed by atoms with Crippen LogP contribution < -0.4 is 15.5 Å². The van der Waals surface area contributed by atoms with Crippen molar-refractivity contribution in [2.24, 2.45) is 4.99 Å². The van der Waals surface area contributed by atoms with Crippen molar-refractivity contribution in [3.05, 3.63) is 46.2 Å². The number of thiazole rings is 1. The van der Waals surface area contributed by atoms with Crippen LogP contribution >= 0.6 is 11.3 Å². The molecule has 0 atom stereocenters. The van der Waals surface area contributed by atoms with Crippen LogP contribution in [-0.2, 0) is 6.54 Å². The highest BCUT2D eigenvalue weighted by Crippen LogP contribution is 2.20. The molecule has 0 bridgehead atoms. The first-order valence-corrected chi connectivity index (χ1v) is 9.92. The van der Waals surface area contributed by atoms with Crippen LogP contribution in [0.2, 0.25) is 0 Å². The Kier molecular flexibility index (Phi) is 6.44. The van der Waals surface area contributed by atoms with Gasteiger partial charge in [-0.2, -0.15) is 0 Å². The summed E-state index contributed by atoms with van der Waals surface area (Å²) < 4.78 is 13.4. The van der Waals surface area contributed by atoms with Gasteiger partial charge in [0.05, 0.1) is 6.54 Å². The van der Waals surface area contributed by atoms with Crippen LogP contribution in [0.3, 0.4) is 0 Å². The van der Waals surface area contributed by atoms with Gasteiger partial charge in [-0.3, -0.25) is 0 Å². The van der Waals surface area contributed by atoms with Gasteiger partial charge in [0, 0.05) is 42.4 Å². The number of nitrogens with zero attached hydrogens (tertiary/aromatic N) is 3. The van der Waals surface area contributed by atoms with Crippen molar-refractivity contribution < 1.29 is 4.39 Å². The van der Waals surface area contributed by atoms with Crippen LogP contribution in [0, 0.1) is 12.7 Å². The highest BCUT2D eigenvalue weighted by Gasteiger charge is 2.20. The van der Waals surface area contributed by atoms with Gasteiger partial charge in [0.15, 0.2) is 5.96 Å². The standard InChI is InChI=1S/C19H26FN5S/c1-3-21-19(23-13-18-22-12-14(2)26-18)24-16-7-9-25(10-8-16)17-6-4-5-15(20)11-17/h4-6,11-12,16H,3,7-10,13H2,1-2H3,(H2,21,23,24). The molecular weight excluding hydrogens is 349 g/mol. The zero-order valence-corrected chi connectivity index (χ0v) is 16.2. The number of hydrogen-bond acceptors (Lipinski definition) is 4. The third-order valence-corrected chi connectivity index (χ3v) is 5.29. The number of anilines is 1. The molecule has 2 N–H and O–H groups in total. The van der Waals surface area contributed by atoms with Crippen molar-refractivity contribution in [1.82, 2.24) is 15.6 Å². The average molecular weight is 376 g/mol. The van der Waals surface area contributed by atoms with E-state index in [1.165, 1.54) is 10.9 Å². The monoisotopic (exact) mass is 375 g/mol. The SMILES string of the molecule is CCNC(=NCc1ncc(C)s1)NC1CCN(c2cccc(F)c2)CC1. The van der Waals surface area contributed by atoms with Crippen LogP contribution in [0.5, 0.6) is 0 Å². The molecule has 1 aromatic carbocycles. The van der Waals surface area contributed by atoms with Crippen LogP contribution in [0.25, 0.3) is 0 Å². The van der Waals surface area contributed by atoms with Gasteiger partial charge < -0.3 is 15.5 Å². The van der Waals surface area contributed by atoms with E-state index in [2.05, 4.69) is 39.4 Å². The molecule has 0 aliphatic carbocycles. The summed E-state index contributed by atoms with van der Waals surface area (Å²) in [6.07, 6.45) is 3.88. The second-order valence-corrected chi connectivity index (χ2v) is 7.76. The van der Waals surface area contributed by atoms with E-state index in [9.17, 15) is 4.39 Å². The molecule has 1 fully saturated rings. The molecule has 26 heavy (non-hydrogen) atoms. The lowest BCUT2D eigenvalue weighted by molar-refractivity contribution is 0.461. The Labute approximate surface area is 158 Å². The third-order valence-electron chi connectivity index (χ3n) is 4.39. The van der Waals surface area contributed by atoms with E-state index in [0.717, 1.165) is 49.1 Å². The normalized spacial score (nSPS) is 16.0. The lowest BCUT2D eigenvalue weighted by Gasteiger charge is -2.34. The Balaban J connectivity index is 1.54. The maximum atomic E-state index is 13.4. The van der Waals surface area contributed by atoms with E-state index in [0.29, 0.717) is 12.6 Å². The minimum atomic E-state index is -0.179. The third kappa shape index (κ3) is 5.17. The van der Waals surface area contributed by atoms with Crippen LogP contribution in [-0.4, -0.2) is 36.6 Å². The molecule has 1 saturated heterocycles. The van der Waals surface area contributed by atoms with Gasteiger partial charge in [0.25, 0.3) is 0 Å². The molecule has 0 unspecified atom stereocenters. The molecule has 5 nitrogen and oxygen atoms in total. The maximum Gasteiger partial charge on any atom is 0.191 e. The molecule has 2 aromatic rings. The summed E-state index contributed by atoms with van der Waals surface area (Å²) in [6.45, 7) is 7.36. The minimum absolute atomic E-state index is 0.179. The molecular formula is C19H26FN5S. The van der Waals surface area contributed by atoms with Gasteiger partial charge >= 0.3 is 0 Å². The molecule has 0 saturated carbocycles. The average Bonchev–Trinajstić information content (AvgIpc) is 3.06. The predicted molar refractivity (Wildman–Crippen MR) is 106 cm³/mol. The fraction of sp³-hybridized carbons (Fsp3) is 0.474. The number of hydrogen-bond donors (Lipinski definition) is 2. The summed E-state index contributed by atoms with van der Waals surface area (Å²) >= 11 is 1.68. The zero-order chi connectivity index (χ0) is 18.4. The number of aryl methyl sites for hydroxylation is 1. The predicted octanol–water partition coefficient (Wildman–Crippen LogP) is 3.31. The van der Waals surface area contributed by atoms with Gasteiger partial charge in [-0.25, -0.2) is 14.4 Å². The first kappa shape index (κ1) is 18.6. The summed E-state index contributed by atoms with van der Waals surface area (Å²) in [4.78, 5) is 12.5. The van der Waals surface area contributed by atoms with Crippen LogP contribution in [0.15, 0.2) is 35.5 Å². The van der Waals surface area contributed by atoms with Crippen LogP contribution in [0.4, 0.5) is 10.1 Å². The minimum Gasteiger partial charge on any atom is -0.371 e. The summed E-state index contributed by atoms with van der Waals surface area (Å²) in [5, 5.41) is 7.87. The lowest BCUT2D eigenvalue weighted by Crippen LogP contribution is -2.48. The number of aliphatic imine (C=N–C) groups is 1. The second-order valence-electron chi connectivity index (χ2n) is 6.45. The van der Waals surface area contributed by atoms with Gasteiger partial charge in [0.1, 0.15) is 10.8 Å². The molecule has 1 aromatic heterocycles. The topological polar surface area (TPSA) is 52.6 Å². The summed E-state index contributed by atoms with van der Waals surface area (Å²) in [7, 11) is 0. The largest absolute Gasteiger partial charge is 0.371 e. The second kappa shape index (κ2) is 8.98. The highest BCUT2D eigenvalue weighted by molar-refractivity contribution is 7.11. The van der Waals surface area contributed by atoms with Crippen molar-refractivity contribution in [1.29, 1.82) is 0 Å². The summed E-state index contributed by atoms with van der Waals surface area (Å²) in [5.41, 5.74) is 0.961. The van der Waals surface area contributed by atoms with Crippen molar-refractivity contribution in [2.45, 2.75) is 39.3 Å². The van der Waals surface area contributed by atoms with E-state index in [1.54, 1.807) is 23.5 Å². The van der Waals surface area contributed by atoms with Crippen molar-refractivity contribution in [3.8, 4) is 0 Å². The Morgan fingerprint density at radius 2 is 2.19 bits per heavy atom. The van der Waals surface area contributed by atoms with Crippen molar-refractivity contribution in [3.63, 3.8) is 0 Å². The molecule has 0 radical (unpaired) electrons. The van der Waals surface area contributed by atoms with Gasteiger partial charge in [-0.15, -0.1) is 11.3 Å². The molecule has 3 rings (SSSR count). The molecule has 1 aliphatic rings. The van der Waals surface area contributed by atoms with Gasteiger partial charge in [-0.05, 0) is 44.9 Å². The number of nitrogens with one attached hydrogen (secondary N) is 2. The quantitative estimate of drug-likeness (QED) is 0.622. The number of halogens is 1. The highest BCUT2D eigenvalue weighted by atomic mass is 32.1. The fourth-order valence-electron chi connectivity index (χ4n) is 3.09. The van der Waals surface area contributed by atoms with Crippen molar-refractivity contribution >= 4 is 23.0 Å². The molecule has 1 aliphatic heterocycles. The number of benzene rings is 1. The van der Waals surface area contributed by atoms with E-state index in [4.69, 9.17) is 0 Å². The van der Waals surface area contributed by atoms with E-state index in [1.807, 2.05) is 12.3 Å². The molecule has 7 heteroatoms. The van der Waals surface area contributed by atoms with Crippen molar-refractivity contribution in [2.75, 3.05) is 24.5 Å². The maximum absolute atomic E-state index is 13.4. The Bertz CT molecular complexity index is 737. The van der Waals surface area contributed by atoms with Gasteiger partial charge in [0.2, 0.25) is 0 Å². The van der Waals surface area contributed by atoms with E-state index >= 15 is 0 Å². The summed E-state index contributed by atoms with van der Waals surface area (Å²) in [5.74, 6) is 0.659. The smallest absolute Gasteiger partial charge is 0.191 e. The van der Waals surface area contributed by atoms with Crippen LogP contribution in [0.1, 0.15) is 29.7 Å². The number of rotatable bonds is 5. The Hall–Kier alpha value is -2.15. The first-order chi connectivity index (χ1) is 12.6. The number of piperidine rings is 1. The first-order valence-electron chi connectivity index (χ1n) is 9.10. The summed E-state index contributed by atoms with van der Waals surface area (Å²) in [6, 6.07) is 7.20. The molecule has 0 amide bonds.